The van der Waals surface area contributed by atoms with Gasteiger partial charge in [-0.1, -0.05) is 29.8 Å². The first-order valence-corrected chi connectivity index (χ1v) is 9.45. The first-order valence-electron chi connectivity index (χ1n) is 9.08. The first kappa shape index (κ1) is 19.4. The normalized spacial score (nSPS) is 13.5. The van der Waals surface area contributed by atoms with Crippen molar-refractivity contribution in [1.82, 2.24) is 10.2 Å². The number of hydrogen-bond donors (Lipinski definition) is 2. The fourth-order valence-corrected chi connectivity index (χ4v) is 3.19. The summed E-state index contributed by atoms with van der Waals surface area (Å²) in [7, 11) is 1.62. The van der Waals surface area contributed by atoms with Crippen LogP contribution in [0.2, 0.25) is 5.02 Å². The molecule has 2 aromatic rings. The number of nitrogens with one attached hydrogen (secondary N) is 2. The zero-order valence-corrected chi connectivity index (χ0v) is 16.3. The van der Waals surface area contributed by atoms with E-state index in [9.17, 15) is 9.59 Å². The van der Waals surface area contributed by atoms with Crippen LogP contribution in [0.15, 0.2) is 42.5 Å². The predicted octanol–water partition coefficient (Wildman–Crippen LogP) is 3.61. The molecule has 0 aliphatic heterocycles. The highest BCUT2D eigenvalue weighted by atomic mass is 35.5. The third-order valence-electron chi connectivity index (χ3n) is 4.78. The third kappa shape index (κ3) is 5.08. The molecule has 0 aromatic heterocycles. The first-order chi connectivity index (χ1) is 13.0. The molecule has 2 amide bonds. The second-order valence-corrected chi connectivity index (χ2v) is 7.28. The highest BCUT2D eigenvalue weighted by molar-refractivity contribution is 6.31. The second-order valence-electron chi connectivity index (χ2n) is 6.87. The number of carbonyl (C=O) groups is 2. The van der Waals surface area contributed by atoms with Gasteiger partial charge in [-0.25, -0.2) is 0 Å². The van der Waals surface area contributed by atoms with E-state index in [4.69, 9.17) is 11.6 Å². The lowest BCUT2D eigenvalue weighted by atomic mass is 10.1. The van der Waals surface area contributed by atoms with E-state index in [1.165, 1.54) is 0 Å². The Bertz CT molecular complexity index is 832. The number of nitrogens with zero attached hydrogens (tertiary/aromatic N) is 1. The fourth-order valence-electron chi connectivity index (χ4n) is 3.01. The summed E-state index contributed by atoms with van der Waals surface area (Å²) >= 11 is 6.13. The van der Waals surface area contributed by atoms with Gasteiger partial charge >= 0.3 is 0 Å². The molecule has 3 rings (SSSR count). The van der Waals surface area contributed by atoms with Gasteiger partial charge in [-0.05, 0) is 55.2 Å². The monoisotopic (exact) mass is 385 g/mol. The minimum absolute atomic E-state index is 0.0470. The van der Waals surface area contributed by atoms with Gasteiger partial charge in [0.25, 0.3) is 5.91 Å². The molecule has 0 heterocycles. The van der Waals surface area contributed by atoms with Crippen LogP contribution in [0.1, 0.15) is 34.3 Å². The van der Waals surface area contributed by atoms with Crippen molar-refractivity contribution in [1.29, 1.82) is 0 Å². The molecule has 1 aliphatic carbocycles. The van der Waals surface area contributed by atoms with E-state index in [2.05, 4.69) is 15.5 Å². The Hall–Kier alpha value is -2.37. The Balaban J connectivity index is 1.63. The van der Waals surface area contributed by atoms with Crippen LogP contribution in [-0.4, -0.2) is 36.3 Å². The second kappa shape index (κ2) is 8.55. The largest absolute Gasteiger partial charge is 0.355 e. The van der Waals surface area contributed by atoms with Crippen molar-refractivity contribution in [3.05, 3.63) is 64.2 Å². The molecule has 0 radical (unpaired) electrons. The molecule has 0 saturated heterocycles. The van der Waals surface area contributed by atoms with Crippen molar-refractivity contribution in [2.75, 3.05) is 18.9 Å². The Labute approximate surface area is 164 Å². The van der Waals surface area contributed by atoms with Gasteiger partial charge in [0.2, 0.25) is 5.91 Å². The molecule has 1 aliphatic rings. The van der Waals surface area contributed by atoms with E-state index >= 15 is 0 Å². The van der Waals surface area contributed by atoms with E-state index in [-0.39, 0.29) is 11.8 Å². The molecule has 0 bridgehead atoms. The number of anilines is 1. The number of hydrogen-bond acceptors (Lipinski definition) is 3. The van der Waals surface area contributed by atoms with Crippen LogP contribution in [0.5, 0.6) is 0 Å². The summed E-state index contributed by atoms with van der Waals surface area (Å²) < 4.78 is 0. The Morgan fingerprint density at radius 3 is 2.48 bits per heavy atom. The highest BCUT2D eigenvalue weighted by Gasteiger charge is 2.30. The van der Waals surface area contributed by atoms with Crippen LogP contribution in [0.4, 0.5) is 5.69 Å². The van der Waals surface area contributed by atoms with Crippen LogP contribution in [0.25, 0.3) is 0 Å². The SMILES string of the molecule is CNC(=O)c1ccc(CN(CC(=O)Nc2cccc(Cl)c2C)C2CC2)cc1. The lowest BCUT2D eigenvalue weighted by Crippen LogP contribution is -2.34. The van der Waals surface area contributed by atoms with Crippen molar-refractivity contribution in [3.8, 4) is 0 Å². The zero-order valence-electron chi connectivity index (χ0n) is 15.6. The molecular weight excluding hydrogens is 362 g/mol. The minimum atomic E-state index is -0.100. The van der Waals surface area contributed by atoms with E-state index in [1.807, 2.05) is 49.4 Å². The van der Waals surface area contributed by atoms with E-state index in [0.29, 0.717) is 29.7 Å². The Morgan fingerprint density at radius 2 is 1.85 bits per heavy atom. The number of benzene rings is 2. The van der Waals surface area contributed by atoms with E-state index in [0.717, 1.165) is 29.7 Å². The maximum Gasteiger partial charge on any atom is 0.251 e. The molecule has 2 aromatic carbocycles. The summed E-state index contributed by atoms with van der Waals surface area (Å²) in [6, 6.07) is 13.5. The van der Waals surface area contributed by atoms with Crippen LogP contribution in [-0.2, 0) is 11.3 Å². The van der Waals surface area contributed by atoms with Gasteiger partial charge in [0.05, 0.1) is 6.54 Å². The summed E-state index contributed by atoms with van der Waals surface area (Å²) in [5.74, 6) is -0.147. The Kier molecular flexibility index (Phi) is 6.14. The summed E-state index contributed by atoms with van der Waals surface area (Å²) in [5, 5.41) is 6.22. The molecular formula is C21H24ClN3O2. The van der Waals surface area contributed by atoms with Crippen LogP contribution >= 0.6 is 11.6 Å². The average molecular weight is 386 g/mol. The highest BCUT2D eigenvalue weighted by Crippen LogP contribution is 2.28. The van der Waals surface area contributed by atoms with Gasteiger partial charge in [0.15, 0.2) is 0 Å². The average Bonchev–Trinajstić information content (AvgIpc) is 3.50. The molecule has 0 unspecified atom stereocenters. The molecule has 27 heavy (non-hydrogen) atoms. The standard InChI is InChI=1S/C21H24ClN3O2/c1-14-18(22)4-3-5-19(14)24-20(26)13-25(17-10-11-17)12-15-6-8-16(9-7-15)21(27)23-2/h3-9,17H,10-13H2,1-2H3,(H,23,27)(H,24,26). The molecule has 0 spiro atoms. The van der Waals surface area contributed by atoms with Gasteiger partial charge in [-0.3, -0.25) is 14.5 Å². The number of rotatable bonds is 7. The molecule has 1 saturated carbocycles. The number of carbonyl (C=O) groups excluding carboxylic acids is 2. The quantitative estimate of drug-likeness (QED) is 0.765. The minimum Gasteiger partial charge on any atom is -0.355 e. The molecule has 142 valence electrons. The van der Waals surface area contributed by atoms with Gasteiger partial charge in [0, 0.05) is 35.9 Å². The van der Waals surface area contributed by atoms with Crippen molar-refractivity contribution < 1.29 is 9.59 Å². The third-order valence-corrected chi connectivity index (χ3v) is 5.19. The van der Waals surface area contributed by atoms with E-state index in [1.54, 1.807) is 7.05 Å². The number of halogens is 1. The van der Waals surface area contributed by atoms with Gasteiger partial charge < -0.3 is 10.6 Å². The van der Waals surface area contributed by atoms with Crippen LogP contribution in [0, 0.1) is 6.92 Å². The molecule has 0 atom stereocenters. The maximum absolute atomic E-state index is 12.5. The van der Waals surface area contributed by atoms with Crippen molar-refractivity contribution in [2.45, 2.75) is 32.4 Å². The predicted molar refractivity (Wildman–Crippen MR) is 108 cm³/mol. The summed E-state index contributed by atoms with van der Waals surface area (Å²) in [6.07, 6.45) is 2.22. The molecule has 6 heteroatoms. The maximum atomic E-state index is 12.5. The lowest BCUT2D eigenvalue weighted by molar-refractivity contribution is -0.117. The van der Waals surface area contributed by atoms with Gasteiger partial charge in [-0.15, -0.1) is 0 Å². The Morgan fingerprint density at radius 1 is 1.15 bits per heavy atom. The lowest BCUT2D eigenvalue weighted by Gasteiger charge is -2.22. The van der Waals surface area contributed by atoms with Crippen molar-refractivity contribution >= 4 is 29.1 Å². The van der Waals surface area contributed by atoms with Gasteiger partial charge in [-0.2, -0.15) is 0 Å². The van der Waals surface area contributed by atoms with Crippen molar-refractivity contribution in [3.63, 3.8) is 0 Å². The zero-order chi connectivity index (χ0) is 19.4. The van der Waals surface area contributed by atoms with E-state index < -0.39 is 0 Å². The molecule has 1 fully saturated rings. The topological polar surface area (TPSA) is 61.4 Å². The smallest absolute Gasteiger partial charge is 0.251 e. The number of amides is 2. The van der Waals surface area contributed by atoms with Gasteiger partial charge in [0.1, 0.15) is 0 Å². The summed E-state index contributed by atoms with van der Waals surface area (Å²) in [5.41, 5.74) is 3.34. The fraction of sp³-hybridized carbons (Fsp3) is 0.333. The van der Waals surface area contributed by atoms with Crippen molar-refractivity contribution in [2.24, 2.45) is 0 Å². The summed E-state index contributed by atoms with van der Waals surface area (Å²) in [6.45, 7) is 2.90. The van der Waals surface area contributed by atoms with Crippen LogP contribution in [0.3, 0.4) is 0 Å². The molecule has 2 N–H and O–H groups in total. The van der Waals surface area contributed by atoms with Crippen LogP contribution < -0.4 is 10.6 Å². The molecule has 5 nitrogen and oxygen atoms in total. The summed E-state index contributed by atoms with van der Waals surface area (Å²) in [4.78, 5) is 26.4.